The fourth-order valence-electron chi connectivity index (χ4n) is 1.43. The van der Waals surface area contributed by atoms with Crippen molar-refractivity contribution >= 4 is 40.0 Å². The minimum absolute atomic E-state index is 0.660. The normalized spacial score (nSPS) is 10.2. The predicted molar refractivity (Wildman–Crippen MR) is 81.9 cm³/mol. The second-order valence-corrected chi connectivity index (χ2v) is 5.53. The number of anilines is 1. The van der Waals surface area contributed by atoms with E-state index in [2.05, 4.69) is 22.6 Å². The summed E-state index contributed by atoms with van der Waals surface area (Å²) < 4.78 is 6.94. The number of nitrogen functional groups attached to an aromatic ring is 1. The van der Waals surface area contributed by atoms with Gasteiger partial charge in [-0.3, -0.25) is 0 Å². The highest BCUT2D eigenvalue weighted by Crippen LogP contribution is 2.34. The van der Waals surface area contributed by atoms with Gasteiger partial charge in [-0.2, -0.15) is 0 Å². The summed E-state index contributed by atoms with van der Waals surface area (Å²) in [4.78, 5) is 1.10. The molecule has 0 radical (unpaired) electrons. The Labute approximate surface area is 119 Å². The molecule has 0 spiro atoms. The average molecular weight is 357 g/mol. The Morgan fingerprint density at radius 2 is 1.88 bits per heavy atom. The van der Waals surface area contributed by atoms with E-state index in [0.717, 1.165) is 14.2 Å². The summed E-state index contributed by atoms with van der Waals surface area (Å²) in [5.41, 5.74) is 6.58. The molecule has 17 heavy (non-hydrogen) atoms. The number of ether oxygens (including phenoxy) is 1. The third-order valence-corrected chi connectivity index (χ3v) is 3.71. The summed E-state index contributed by atoms with van der Waals surface area (Å²) >= 11 is 3.88. The largest absolute Gasteiger partial charge is 0.454 e. The molecule has 0 saturated heterocycles. The second kappa shape index (κ2) is 5.64. The molecule has 88 valence electrons. The summed E-state index contributed by atoms with van der Waals surface area (Å²) in [5, 5.41) is 0. The molecular weight excluding hydrogens is 345 g/mol. The van der Waals surface area contributed by atoms with Crippen LogP contribution in [0.4, 0.5) is 5.69 Å². The maximum Gasteiger partial charge on any atom is 0.150 e. The van der Waals surface area contributed by atoms with Crippen molar-refractivity contribution in [1.82, 2.24) is 0 Å². The SMILES string of the molecule is CSc1ccccc1Oc1ccc(I)cc1N. The van der Waals surface area contributed by atoms with Crippen molar-refractivity contribution in [3.05, 3.63) is 46.0 Å². The van der Waals surface area contributed by atoms with Crippen molar-refractivity contribution in [2.75, 3.05) is 12.0 Å². The highest BCUT2D eigenvalue weighted by molar-refractivity contribution is 14.1. The van der Waals surface area contributed by atoms with Gasteiger partial charge in [-0.05, 0) is 59.2 Å². The Kier molecular flexibility index (Phi) is 4.17. The standard InChI is InChI=1S/C13H12INOS/c1-17-13-5-3-2-4-12(13)16-11-7-6-9(14)8-10(11)15/h2-8H,15H2,1H3. The molecule has 0 aliphatic rings. The molecule has 2 rings (SSSR count). The third kappa shape index (κ3) is 3.07. The van der Waals surface area contributed by atoms with E-state index < -0.39 is 0 Å². The lowest BCUT2D eigenvalue weighted by Crippen LogP contribution is -1.93. The summed E-state index contributed by atoms with van der Waals surface area (Å²) in [6, 6.07) is 13.7. The van der Waals surface area contributed by atoms with Crippen LogP contribution >= 0.6 is 34.4 Å². The van der Waals surface area contributed by atoms with Crippen LogP contribution in [0.2, 0.25) is 0 Å². The first kappa shape index (κ1) is 12.6. The van der Waals surface area contributed by atoms with Crippen molar-refractivity contribution in [1.29, 1.82) is 0 Å². The van der Waals surface area contributed by atoms with Crippen LogP contribution < -0.4 is 10.5 Å². The number of para-hydroxylation sites is 1. The van der Waals surface area contributed by atoms with Crippen molar-refractivity contribution in [3.8, 4) is 11.5 Å². The maximum absolute atomic E-state index is 5.92. The van der Waals surface area contributed by atoms with Crippen molar-refractivity contribution in [3.63, 3.8) is 0 Å². The Morgan fingerprint density at radius 3 is 2.59 bits per heavy atom. The molecule has 0 aliphatic heterocycles. The van der Waals surface area contributed by atoms with E-state index in [1.165, 1.54) is 0 Å². The molecule has 2 aromatic rings. The lowest BCUT2D eigenvalue weighted by Gasteiger charge is -2.11. The minimum atomic E-state index is 0.660. The van der Waals surface area contributed by atoms with Gasteiger partial charge in [-0.25, -0.2) is 0 Å². The van der Waals surface area contributed by atoms with Crippen molar-refractivity contribution < 1.29 is 4.74 Å². The number of thioether (sulfide) groups is 1. The first-order chi connectivity index (χ1) is 8.20. The fourth-order valence-corrected chi connectivity index (χ4v) is 2.47. The highest BCUT2D eigenvalue weighted by atomic mass is 127. The molecule has 0 aromatic heterocycles. The zero-order valence-electron chi connectivity index (χ0n) is 9.31. The van der Waals surface area contributed by atoms with Gasteiger partial charge < -0.3 is 10.5 Å². The molecule has 0 bridgehead atoms. The lowest BCUT2D eigenvalue weighted by atomic mass is 10.3. The fraction of sp³-hybridized carbons (Fsp3) is 0.0769. The van der Waals surface area contributed by atoms with E-state index in [9.17, 15) is 0 Å². The molecule has 2 nitrogen and oxygen atoms in total. The molecular formula is C13H12INOS. The second-order valence-electron chi connectivity index (χ2n) is 3.44. The molecule has 4 heteroatoms. The van der Waals surface area contributed by atoms with Gasteiger partial charge in [0.15, 0.2) is 0 Å². The van der Waals surface area contributed by atoms with E-state index in [1.54, 1.807) is 11.8 Å². The zero-order valence-corrected chi connectivity index (χ0v) is 12.3. The van der Waals surface area contributed by atoms with E-state index in [4.69, 9.17) is 10.5 Å². The van der Waals surface area contributed by atoms with Crippen LogP contribution in [0, 0.1) is 3.57 Å². The van der Waals surface area contributed by atoms with Crippen LogP contribution in [0.3, 0.4) is 0 Å². The lowest BCUT2D eigenvalue weighted by molar-refractivity contribution is 0.473. The Balaban J connectivity index is 2.31. The monoisotopic (exact) mass is 357 g/mol. The van der Waals surface area contributed by atoms with E-state index in [0.29, 0.717) is 11.4 Å². The van der Waals surface area contributed by atoms with Crippen LogP contribution in [0.5, 0.6) is 11.5 Å². The van der Waals surface area contributed by atoms with Gasteiger partial charge in [0.25, 0.3) is 0 Å². The molecule has 0 atom stereocenters. The van der Waals surface area contributed by atoms with Gasteiger partial charge in [0.2, 0.25) is 0 Å². The molecule has 2 aromatic carbocycles. The van der Waals surface area contributed by atoms with Crippen molar-refractivity contribution in [2.24, 2.45) is 0 Å². The van der Waals surface area contributed by atoms with Gasteiger partial charge >= 0.3 is 0 Å². The topological polar surface area (TPSA) is 35.2 Å². The molecule has 0 aliphatic carbocycles. The summed E-state index contributed by atoms with van der Waals surface area (Å²) in [5.74, 6) is 1.54. The van der Waals surface area contributed by atoms with E-state index >= 15 is 0 Å². The highest BCUT2D eigenvalue weighted by Gasteiger charge is 2.06. The van der Waals surface area contributed by atoms with Crippen LogP contribution in [0.1, 0.15) is 0 Å². The van der Waals surface area contributed by atoms with Gasteiger partial charge in [0.05, 0.1) is 5.69 Å². The Hall–Kier alpha value is -0.880. The molecule has 0 saturated carbocycles. The number of benzene rings is 2. The minimum Gasteiger partial charge on any atom is -0.454 e. The first-order valence-corrected chi connectivity index (χ1v) is 7.37. The molecule has 0 heterocycles. The van der Waals surface area contributed by atoms with Crippen LogP contribution in [-0.4, -0.2) is 6.26 Å². The number of hydrogen-bond donors (Lipinski definition) is 1. The zero-order chi connectivity index (χ0) is 12.3. The maximum atomic E-state index is 5.92. The summed E-state index contributed by atoms with van der Waals surface area (Å²) in [7, 11) is 0. The van der Waals surface area contributed by atoms with Gasteiger partial charge in [0, 0.05) is 8.47 Å². The number of hydrogen-bond acceptors (Lipinski definition) is 3. The van der Waals surface area contributed by atoms with Crippen LogP contribution in [0.15, 0.2) is 47.4 Å². The van der Waals surface area contributed by atoms with Crippen molar-refractivity contribution in [2.45, 2.75) is 4.90 Å². The molecule has 2 N–H and O–H groups in total. The predicted octanol–water partition coefficient (Wildman–Crippen LogP) is 4.39. The Bertz CT molecular complexity index is 531. The van der Waals surface area contributed by atoms with Gasteiger partial charge in [-0.1, -0.05) is 12.1 Å². The van der Waals surface area contributed by atoms with Gasteiger partial charge in [0.1, 0.15) is 11.5 Å². The third-order valence-electron chi connectivity index (χ3n) is 2.26. The van der Waals surface area contributed by atoms with Crippen LogP contribution in [-0.2, 0) is 0 Å². The summed E-state index contributed by atoms with van der Waals surface area (Å²) in [6.07, 6.45) is 2.03. The Morgan fingerprint density at radius 1 is 1.12 bits per heavy atom. The average Bonchev–Trinajstić information content (AvgIpc) is 2.33. The quantitative estimate of drug-likeness (QED) is 0.503. The van der Waals surface area contributed by atoms with E-state index in [-0.39, 0.29) is 0 Å². The van der Waals surface area contributed by atoms with Crippen LogP contribution in [0.25, 0.3) is 0 Å². The van der Waals surface area contributed by atoms with Gasteiger partial charge in [-0.15, -0.1) is 11.8 Å². The first-order valence-electron chi connectivity index (χ1n) is 5.06. The number of halogens is 1. The van der Waals surface area contributed by atoms with E-state index in [1.807, 2.05) is 48.7 Å². The number of rotatable bonds is 3. The number of nitrogens with two attached hydrogens (primary N) is 1. The molecule has 0 amide bonds. The summed E-state index contributed by atoms with van der Waals surface area (Å²) in [6.45, 7) is 0. The molecule has 0 fully saturated rings. The smallest absolute Gasteiger partial charge is 0.150 e. The molecule has 0 unspecified atom stereocenters.